The van der Waals surface area contributed by atoms with E-state index in [2.05, 4.69) is 16.6 Å². The highest BCUT2D eigenvalue weighted by atomic mass is 16.3. The lowest BCUT2D eigenvalue weighted by Crippen LogP contribution is -2.32. The van der Waals surface area contributed by atoms with Gasteiger partial charge in [0.1, 0.15) is 0 Å². The maximum atomic E-state index is 5.08. The van der Waals surface area contributed by atoms with Crippen molar-refractivity contribution in [3.05, 3.63) is 31.0 Å². The van der Waals surface area contributed by atoms with Crippen LogP contribution < -0.4 is 5.32 Å². The number of furan rings is 1. The number of nitrogens with zero attached hydrogens (tertiary/aromatic N) is 2. The Morgan fingerprint density at radius 3 is 3.24 bits per heavy atom. The lowest BCUT2D eigenvalue weighted by molar-refractivity contribution is 0.325. The zero-order chi connectivity index (χ0) is 11.5. The Morgan fingerprint density at radius 2 is 2.47 bits per heavy atom. The van der Waals surface area contributed by atoms with Crippen molar-refractivity contribution in [3.63, 3.8) is 0 Å². The molecule has 0 saturated carbocycles. The third-order valence-electron chi connectivity index (χ3n) is 3.33. The van der Waals surface area contributed by atoms with Crippen LogP contribution in [0.1, 0.15) is 12.8 Å². The zero-order valence-corrected chi connectivity index (χ0v) is 9.80. The van der Waals surface area contributed by atoms with Crippen LogP contribution in [-0.2, 0) is 6.54 Å². The van der Waals surface area contributed by atoms with Gasteiger partial charge in [0.05, 0.1) is 18.7 Å². The number of hydrogen-bond acceptors (Lipinski definition) is 3. The number of piperidine rings is 1. The molecule has 1 aliphatic rings. The first-order valence-corrected chi connectivity index (χ1v) is 6.17. The van der Waals surface area contributed by atoms with Crippen LogP contribution >= 0.6 is 0 Å². The Kier molecular flexibility index (Phi) is 2.96. The average molecular weight is 231 g/mol. The lowest BCUT2D eigenvalue weighted by Gasteiger charge is -2.22. The molecule has 0 aliphatic carbocycles. The second-order valence-corrected chi connectivity index (χ2v) is 4.68. The van der Waals surface area contributed by atoms with Crippen molar-refractivity contribution in [2.45, 2.75) is 19.4 Å². The maximum absolute atomic E-state index is 5.08. The van der Waals surface area contributed by atoms with E-state index < -0.39 is 0 Å². The van der Waals surface area contributed by atoms with Crippen molar-refractivity contribution in [1.29, 1.82) is 0 Å². The van der Waals surface area contributed by atoms with E-state index in [1.54, 1.807) is 12.5 Å². The van der Waals surface area contributed by atoms with Crippen LogP contribution in [0.2, 0.25) is 0 Å². The van der Waals surface area contributed by atoms with Crippen molar-refractivity contribution in [2.24, 2.45) is 5.92 Å². The predicted molar refractivity (Wildman–Crippen MR) is 65.5 cm³/mol. The van der Waals surface area contributed by atoms with Gasteiger partial charge in [-0.2, -0.15) is 5.10 Å². The standard InChI is InChI=1S/C13H17N3O/c1-2-11(6-14-4-1)8-16-9-13(7-15-16)12-3-5-17-10-12/h3,5,7,9-11,14H,1-2,4,6,8H2/t11-/m1/s1. The summed E-state index contributed by atoms with van der Waals surface area (Å²) in [7, 11) is 0. The van der Waals surface area contributed by atoms with Crippen LogP contribution in [-0.4, -0.2) is 22.9 Å². The molecule has 0 amide bonds. The van der Waals surface area contributed by atoms with E-state index in [0.717, 1.165) is 30.8 Å². The molecule has 0 spiro atoms. The second kappa shape index (κ2) is 4.75. The van der Waals surface area contributed by atoms with Gasteiger partial charge in [0.25, 0.3) is 0 Å². The molecule has 17 heavy (non-hydrogen) atoms. The first-order valence-electron chi connectivity index (χ1n) is 6.17. The van der Waals surface area contributed by atoms with Crippen molar-refractivity contribution >= 4 is 0 Å². The first-order chi connectivity index (χ1) is 8.42. The van der Waals surface area contributed by atoms with Crippen molar-refractivity contribution in [2.75, 3.05) is 13.1 Å². The Bertz CT molecular complexity index is 455. The van der Waals surface area contributed by atoms with Crippen LogP contribution in [0.15, 0.2) is 35.4 Å². The molecule has 90 valence electrons. The largest absolute Gasteiger partial charge is 0.472 e. The van der Waals surface area contributed by atoms with E-state index in [9.17, 15) is 0 Å². The highest BCUT2D eigenvalue weighted by molar-refractivity contribution is 5.59. The van der Waals surface area contributed by atoms with E-state index in [1.807, 2.05) is 16.9 Å². The van der Waals surface area contributed by atoms with Crippen LogP contribution in [0.4, 0.5) is 0 Å². The second-order valence-electron chi connectivity index (χ2n) is 4.68. The van der Waals surface area contributed by atoms with Gasteiger partial charge >= 0.3 is 0 Å². The average Bonchev–Trinajstić information content (AvgIpc) is 3.00. The van der Waals surface area contributed by atoms with E-state index in [0.29, 0.717) is 5.92 Å². The normalized spacial score (nSPS) is 20.6. The van der Waals surface area contributed by atoms with Gasteiger partial charge in [-0.1, -0.05) is 0 Å². The number of nitrogens with one attached hydrogen (secondary N) is 1. The molecular weight excluding hydrogens is 214 g/mol. The Labute approximate surface area is 101 Å². The zero-order valence-electron chi connectivity index (χ0n) is 9.80. The van der Waals surface area contributed by atoms with E-state index in [1.165, 1.54) is 12.8 Å². The van der Waals surface area contributed by atoms with E-state index in [4.69, 9.17) is 4.42 Å². The Hall–Kier alpha value is -1.55. The van der Waals surface area contributed by atoms with Crippen LogP contribution in [0, 0.1) is 5.92 Å². The fraction of sp³-hybridized carbons (Fsp3) is 0.462. The monoisotopic (exact) mass is 231 g/mol. The minimum absolute atomic E-state index is 0.709. The summed E-state index contributed by atoms with van der Waals surface area (Å²) >= 11 is 0. The fourth-order valence-corrected chi connectivity index (χ4v) is 2.39. The summed E-state index contributed by atoms with van der Waals surface area (Å²) in [6.45, 7) is 3.28. The number of aromatic nitrogens is 2. The number of rotatable bonds is 3. The smallest absolute Gasteiger partial charge is 0.0982 e. The molecule has 1 atom stereocenters. The molecular formula is C13H17N3O. The van der Waals surface area contributed by atoms with Crippen molar-refractivity contribution in [1.82, 2.24) is 15.1 Å². The van der Waals surface area contributed by atoms with Crippen LogP contribution in [0.25, 0.3) is 11.1 Å². The summed E-state index contributed by atoms with van der Waals surface area (Å²) in [4.78, 5) is 0. The molecule has 1 aliphatic heterocycles. The summed E-state index contributed by atoms with van der Waals surface area (Å²) in [5.74, 6) is 0.709. The molecule has 1 fully saturated rings. The molecule has 0 bridgehead atoms. The van der Waals surface area contributed by atoms with Crippen molar-refractivity contribution in [3.8, 4) is 11.1 Å². The van der Waals surface area contributed by atoms with Gasteiger partial charge in [-0.25, -0.2) is 0 Å². The van der Waals surface area contributed by atoms with Gasteiger partial charge in [-0.15, -0.1) is 0 Å². The summed E-state index contributed by atoms with van der Waals surface area (Å²) in [6.07, 6.45) is 10.0. The molecule has 1 saturated heterocycles. The lowest BCUT2D eigenvalue weighted by atomic mass is 10.00. The highest BCUT2D eigenvalue weighted by Crippen LogP contribution is 2.19. The molecule has 0 unspecified atom stereocenters. The molecule has 3 heterocycles. The third-order valence-corrected chi connectivity index (χ3v) is 3.33. The molecule has 3 rings (SSSR count). The van der Waals surface area contributed by atoms with Gasteiger partial charge in [0.15, 0.2) is 0 Å². The first kappa shape index (κ1) is 10.6. The van der Waals surface area contributed by atoms with E-state index >= 15 is 0 Å². The minimum Gasteiger partial charge on any atom is -0.472 e. The molecule has 0 aromatic carbocycles. The molecule has 2 aromatic heterocycles. The van der Waals surface area contributed by atoms with Gasteiger partial charge in [-0.05, 0) is 37.9 Å². The fourth-order valence-electron chi connectivity index (χ4n) is 2.39. The maximum Gasteiger partial charge on any atom is 0.0982 e. The quantitative estimate of drug-likeness (QED) is 0.880. The summed E-state index contributed by atoms with van der Waals surface area (Å²) in [5, 5.41) is 7.85. The Morgan fingerprint density at radius 1 is 1.47 bits per heavy atom. The van der Waals surface area contributed by atoms with Gasteiger partial charge in [0, 0.05) is 23.9 Å². The van der Waals surface area contributed by atoms with Gasteiger partial charge in [0.2, 0.25) is 0 Å². The van der Waals surface area contributed by atoms with Crippen molar-refractivity contribution < 1.29 is 4.42 Å². The molecule has 4 heteroatoms. The predicted octanol–water partition coefficient (Wildman–Crippen LogP) is 2.14. The summed E-state index contributed by atoms with van der Waals surface area (Å²) < 4.78 is 7.12. The third kappa shape index (κ3) is 2.42. The van der Waals surface area contributed by atoms with E-state index in [-0.39, 0.29) is 0 Å². The molecule has 2 aromatic rings. The molecule has 4 nitrogen and oxygen atoms in total. The van der Waals surface area contributed by atoms with Gasteiger partial charge < -0.3 is 9.73 Å². The minimum atomic E-state index is 0.709. The van der Waals surface area contributed by atoms with Crippen LogP contribution in [0.5, 0.6) is 0 Å². The molecule has 1 N–H and O–H groups in total. The highest BCUT2D eigenvalue weighted by Gasteiger charge is 2.14. The summed E-state index contributed by atoms with van der Waals surface area (Å²) in [6, 6.07) is 1.96. The molecule has 0 radical (unpaired) electrons. The topological polar surface area (TPSA) is 43.0 Å². The van der Waals surface area contributed by atoms with Crippen LogP contribution in [0.3, 0.4) is 0 Å². The SMILES string of the molecule is c1cc(-c2cnn(C[C@@H]3CCCNC3)c2)co1. The summed E-state index contributed by atoms with van der Waals surface area (Å²) in [5.41, 5.74) is 2.22. The van der Waals surface area contributed by atoms with Gasteiger partial charge in [-0.3, -0.25) is 4.68 Å². The Balaban J connectivity index is 1.68. The number of hydrogen-bond donors (Lipinski definition) is 1.